The number of nitrogens with one attached hydrogen (secondary N) is 1. The number of hydrogen-bond donors (Lipinski definition) is 2. The maximum Gasteiger partial charge on any atom is 0.255 e. The summed E-state index contributed by atoms with van der Waals surface area (Å²) in [5.41, 5.74) is 0.494. The molecule has 24 heavy (non-hydrogen) atoms. The van der Waals surface area contributed by atoms with Crippen LogP contribution in [0.4, 0.5) is 0 Å². The molecular weight excluding hydrogens is 326 g/mol. The molecule has 1 aromatic heterocycles. The summed E-state index contributed by atoms with van der Waals surface area (Å²) in [7, 11) is 0. The van der Waals surface area contributed by atoms with Crippen molar-refractivity contribution in [1.82, 2.24) is 5.32 Å². The van der Waals surface area contributed by atoms with E-state index in [2.05, 4.69) is 5.32 Å². The van der Waals surface area contributed by atoms with Gasteiger partial charge in [-0.2, -0.15) is 0 Å². The topological polar surface area (TPSA) is 67.8 Å². The second kappa shape index (κ2) is 6.45. The van der Waals surface area contributed by atoms with Crippen molar-refractivity contribution in [2.24, 2.45) is 5.92 Å². The Bertz CT molecular complexity index is 725. The normalized spacial score (nSPS) is 23.2. The number of thiophene rings is 1. The van der Waals surface area contributed by atoms with E-state index in [9.17, 15) is 9.90 Å². The minimum atomic E-state index is -0.254. The number of aliphatic hydroxyl groups is 1. The fourth-order valence-corrected chi connectivity index (χ4v) is 4.13. The van der Waals surface area contributed by atoms with Crippen LogP contribution in [0.3, 0.4) is 0 Å². The van der Waals surface area contributed by atoms with Crippen LogP contribution >= 0.6 is 11.3 Å². The van der Waals surface area contributed by atoms with Crippen molar-refractivity contribution in [2.45, 2.75) is 25.0 Å². The van der Waals surface area contributed by atoms with Crippen molar-refractivity contribution in [3.05, 3.63) is 46.2 Å². The molecule has 0 spiro atoms. The van der Waals surface area contributed by atoms with Crippen molar-refractivity contribution in [3.8, 4) is 11.5 Å². The van der Waals surface area contributed by atoms with Crippen LogP contribution in [0.1, 0.15) is 34.1 Å². The van der Waals surface area contributed by atoms with E-state index < -0.39 is 0 Å². The van der Waals surface area contributed by atoms with E-state index in [0.29, 0.717) is 30.3 Å². The maximum atomic E-state index is 12.8. The number of carbonyl (C=O) groups excluding carboxylic acids is 1. The first kappa shape index (κ1) is 15.5. The Morgan fingerprint density at radius 3 is 2.79 bits per heavy atom. The number of ether oxygens (including phenoxy) is 2. The summed E-state index contributed by atoms with van der Waals surface area (Å²) in [6.45, 7) is 0.941. The standard InChI is InChI=1S/C18H19NO4S/c20-12-9-11(10-12)16(15-5-2-8-24-15)19-18(21)13-3-1-4-14-17(13)23-7-6-22-14/h1-5,8,11-12,16,20H,6-7,9-10H2,(H,19,21)/t11?,12?,16-/m1/s1. The largest absolute Gasteiger partial charge is 0.486 e. The fourth-order valence-electron chi connectivity index (χ4n) is 3.26. The molecule has 0 unspecified atom stereocenters. The van der Waals surface area contributed by atoms with Crippen LogP contribution < -0.4 is 14.8 Å². The second-order valence-electron chi connectivity index (χ2n) is 6.18. The lowest BCUT2D eigenvalue weighted by Crippen LogP contribution is -2.41. The van der Waals surface area contributed by atoms with Gasteiger partial charge in [-0.25, -0.2) is 0 Å². The highest BCUT2D eigenvalue weighted by atomic mass is 32.1. The number of amides is 1. The minimum Gasteiger partial charge on any atom is -0.486 e. The van der Waals surface area contributed by atoms with Crippen molar-refractivity contribution in [2.75, 3.05) is 13.2 Å². The molecule has 0 radical (unpaired) electrons. The maximum absolute atomic E-state index is 12.8. The van der Waals surface area contributed by atoms with Gasteiger partial charge >= 0.3 is 0 Å². The van der Waals surface area contributed by atoms with Gasteiger partial charge in [-0.15, -0.1) is 11.3 Å². The van der Waals surface area contributed by atoms with Gasteiger partial charge in [0, 0.05) is 4.88 Å². The van der Waals surface area contributed by atoms with Crippen LogP contribution in [0, 0.1) is 5.92 Å². The number of carbonyl (C=O) groups is 1. The monoisotopic (exact) mass is 345 g/mol. The third kappa shape index (κ3) is 2.87. The number of hydrogen-bond acceptors (Lipinski definition) is 5. The lowest BCUT2D eigenvalue weighted by Gasteiger charge is -2.37. The Kier molecular flexibility index (Phi) is 4.16. The van der Waals surface area contributed by atoms with Crippen LogP contribution in [0.2, 0.25) is 0 Å². The van der Waals surface area contributed by atoms with Crippen molar-refractivity contribution < 1.29 is 19.4 Å². The Morgan fingerprint density at radius 2 is 2.04 bits per heavy atom. The van der Waals surface area contributed by atoms with E-state index >= 15 is 0 Å². The van der Waals surface area contributed by atoms with Gasteiger partial charge in [0.05, 0.1) is 17.7 Å². The van der Waals surface area contributed by atoms with Crippen LogP contribution in [-0.4, -0.2) is 30.3 Å². The van der Waals surface area contributed by atoms with Gasteiger partial charge in [0.15, 0.2) is 11.5 Å². The summed E-state index contributed by atoms with van der Waals surface area (Å²) in [6, 6.07) is 9.29. The number of aliphatic hydroxyl groups excluding tert-OH is 1. The van der Waals surface area contributed by atoms with E-state index in [1.165, 1.54) is 0 Å². The highest BCUT2D eigenvalue weighted by molar-refractivity contribution is 7.10. The van der Waals surface area contributed by atoms with Gasteiger partial charge in [-0.3, -0.25) is 4.79 Å². The highest BCUT2D eigenvalue weighted by Crippen LogP contribution is 2.40. The first-order valence-corrected chi connectivity index (χ1v) is 9.01. The summed E-state index contributed by atoms with van der Waals surface area (Å²) in [6.07, 6.45) is 1.18. The molecule has 0 saturated heterocycles. The number of para-hydroxylation sites is 1. The van der Waals surface area contributed by atoms with Gasteiger partial charge in [0.1, 0.15) is 13.2 Å². The molecule has 2 N–H and O–H groups in total. The van der Waals surface area contributed by atoms with Gasteiger partial charge in [-0.05, 0) is 42.3 Å². The lowest BCUT2D eigenvalue weighted by molar-refractivity contribution is 0.0240. The molecule has 5 nitrogen and oxygen atoms in total. The zero-order valence-electron chi connectivity index (χ0n) is 13.1. The molecule has 1 saturated carbocycles. The number of benzene rings is 1. The van der Waals surface area contributed by atoms with Gasteiger partial charge in [0.2, 0.25) is 0 Å². The van der Waals surface area contributed by atoms with E-state index in [0.717, 1.165) is 17.7 Å². The average Bonchev–Trinajstić information content (AvgIpc) is 3.11. The van der Waals surface area contributed by atoms with E-state index in [-0.39, 0.29) is 24.0 Å². The van der Waals surface area contributed by atoms with Crippen molar-refractivity contribution in [1.29, 1.82) is 0 Å². The molecular formula is C18H19NO4S. The van der Waals surface area contributed by atoms with Gasteiger partial charge < -0.3 is 19.9 Å². The first-order valence-electron chi connectivity index (χ1n) is 8.13. The molecule has 2 aromatic rings. The summed E-state index contributed by atoms with van der Waals surface area (Å²) < 4.78 is 11.2. The smallest absolute Gasteiger partial charge is 0.255 e. The third-order valence-corrected chi connectivity index (χ3v) is 5.52. The molecule has 1 atom stereocenters. The zero-order chi connectivity index (χ0) is 16.5. The quantitative estimate of drug-likeness (QED) is 0.894. The fraction of sp³-hybridized carbons (Fsp3) is 0.389. The SMILES string of the molecule is O=C(N[C@@H](c1cccs1)C1CC(O)C1)c1cccc2c1OCCO2. The molecule has 1 fully saturated rings. The van der Waals surface area contributed by atoms with E-state index in [4.69, 9.17) is 9.47 Å². The van der Waals surface area contributed by atoms with E-state index in [1.807, 2.05) is 23.6 Å². The van der Waals surface area contributed by atoms with Crippen LogP contribution in [0.15, 0.2) is 35.7 Å². The van der Waals surface area contributed by atoms with Crippen LogP contribution in [-0.2, 0) is 0 Å². The van der Waals surface area contributed by atoms with Crippen molar-refractivity contribution >= 4 is 17.2 Å². The molecule has 1 aliphatic carbocycles. The highest BCUT2D eigenvalue weighted by Gasteiger charge is 2.36. The molecule has 126 valence electrons. The summed E-state index contributed by atoms with van der Waals surface area (Å²) in [4.78, 5) is 14.0. The molecule has 0 bridgehead atoms. The predicted molar refractivity (Wildman–Crippen MR) is 90.7 cm³/mol. The minimum absolute atomic E-state index is 0.0822. The molecule has 2 aliphatic rings. The summed E-state index contributed by atoms with van der Waals surface area (Å²) in [5.74, 6) is 1.22. The first-order chi connectivity index (χ1) is 11.7. The molecule has 2 heterocycles. The van der Waals surface area contributed by atoms with Crippen molar-refractivity contribution in [3.63, 3.8) is 0 Å². The molecule has 1 aliphatic heterocycles. The molecule has 1 amide bonds. The Labute approximate surface area is 144 Å². The van der Waals surface area contributed by atoms with Gasteiger partial charge in [0.25, 0.3) is 5.91 Å². The number of fused-ring (bicyclic) bond motifs is 1. The lowest BCUT2D eigenvalue weighted by atomic mass is 9.76. The Hall–Kier alpha value is -2.05. The van der Waals surface area contributed by atoms with Gasteiger partial charge in [-0.1, -0.05) is 12.1 Å². The Balaban J connectivity index is 1.58. The van der Waals surface area contributed by atoms with Crippen LogP contribution in [0.5, 0.6) is 11.5 Å². The molecule has 4 rings (SSSR count). The predicted octanol–water partition coefficient (Wildman–Crippen LogP) is 2.76. The van der Waals surface area contributed by atoms with E-state index in [1.54, 1.807) is 23.5 Å². The zero-order valence-corrected chi connectivity index (χ0v) is 13.9. The third-order valence-electron chi connectivity index (χ3n) is 4.57. The Morgan fingerprint density at radius 1 is 1.21 bits per heavy atom. The summed E-state index contributed by atoms with van der Waals surface area (Å²) in [5, 5.41) is 14.8. The second-order valence-corrected chi connectivity index (χ2v) is 7.16. The number of rotatable bonds is 4. The molecule has 6 heteroatoms. The van der Waals surface area contributed by atoms with Crippen LogP contribution in [0.25, 0.3) is 0 Å². The average molecular weight is 345 g/mol. The molecule has 1 aromatic carbocycles. The summed E-state index contributed by atoms with van der Waals surface area (Å²) >= 11 is 1.62.